The number of nitrogens with one attached hydrogen (secondary N) is 2. The number of hydrogen-bond acceptors (Lipinski definition) is 3. The van der Waals surface area contributed by atoms with Gasteiger partial charge in [-0.3, -0.25) is 5.41 Å². The van der Waals surface area contributed by atoms with Gasteiger partial charge in [0.1, 0.15) is 5.57 Å². The minimum absolute atomic E-state index is 0.469. The summed E-state index contributed by atoms with van der Waals surface area (Å²) in [4.78, 5) is 10.7. The van der Waals surface area contributed by atoms with Crippen LogP contribution in [0.4, 0.5) is 18.9 Å². The molecule has 0 unspecified atom stereocenters. The molecule has 0 bridgehead atoms. The van der Waals surface area contributed by atoms with Crippen molar-refractivity contribution in [1.82, 2.24) is 0 Å². The van der Waals surface area contributed by atoms with Gasteiger partial charge in [-0.05, 0) is 18.6 Å². The maximum absolute atomic E-state index is 12.3. The fourth-order valence-electron chi connectivity index (χ4n) is 1.28. The Balaban J connectivity index is 3.02. The van der Waals surface area contributed by atoms with Crippen LogP contribution in [-0.2, 0) is 4.79 Å². The molecule has 0 spiro atoms. The van der Waals surface area contributed by atoms with Crippen molar-refractivity contribution in [2.45, 2.75) is 13.1 Å². The zero-order valence-electron chi connectivity index (χ0n) is 9.88. The number of aryl methyl sites for hydroxylation is 1. The summed E-state index contributed by atoms with van der Waals surface area (Å²) in [5.41, 5.74) is -1.84. The molecule has 0 aliphatic carbocycles. The number of carboxylic acids is 1. The van der Waals surface area contributed by atoms with Crippen LogP contribution >= 0.6 is 0 Å². The van der Waals surface area contributed by atoms with Gasteiger partial charge in [0.05, 0.1) is 0 Å². The molecule has 0 fully saturated rings. The number of para-hydroxylation sites is 1. The highest BCUT2D eigenvalue weighted by atomic mass is 19.4. The van der Waals surface area contributed by atoms with Crippen LogP contribution in [0.3, 0.4) is 0 Å². The predicted molar refractivity (Wildman–Crippen MR) is 64.3 cm³/mol. The number of carboxylic acid groups (broad SMARTS) is 1. The third kappa shape index (κ3) is 3.84. The Morgan fingerprint density at radius 2 is 1.95 bits per heavy atom. The molecule has 7 heteroatoms. The number of anilines is 1. The number of halogens is 3. The van der Waals surface area contributed by atoms with Crippen LogP contribution in [0.2, 0.25) is 0 Å². The van der Waals surface area contributed by atoms with Gasteiger partial charge in [0.15, 0.2) is 5.71 Å². The predicted octanol–water partition coefficient (Wildman–Crippen LogP) is 2.96. The number of hydrogen-bond donors (Lipinski definition) is 3. The molecule has 0 saturated heterocycles. The molecule has 0 aromatic heterocycles. The van der Waals surface area contributed by atoms with Crippen LogP contribution in [0.25, 0.3) is 0 Å². The molecule has 1 aromatic carbocycles. The van der Waals surface area contributed by atoms with E-state index in [0.717, 1.165) is 5.56 Å². The molecule has 0 aliphatic rings. The lowest BCUT2D eigenvalue weighted by Crippen LogP contribution is -2.28. The molecular weight excluding hydrogens is 261 g/mol. The van der Waals surface area contributed by atoms with E-state index < -0.39 is 23.4 Å². The Bertz CT molecular complexity index is 536. The molecule has 102 valence electrons. The fraction of sp³-hybridized carbons (Fsp3) is 0.167. The largest absolute Gasteiger partial charge is 0.478 e. The van der Waals surface area contributed by atoms with Crippen LogP contribution in [0.15, 0.2) is 36.0 Å². The first-order valence-electron chi connectivity index (χ1n) is 5.15. The van der Waals surface area contributed by atoms with Crippen LogP contribution in [0.1, 0.15) is 5.56 Å². The Morgan fingerprint density at radius 3 is 2.42 bits per heavy atom. The monoisotopic (exact) mass is 272 g/mol. The van der Waals surface area contributed by atoms with Crippen molar-refractivity contribution in [3.63, 3.8) is 0 Å². The van der Waals surface area contributed by atoms with Crippen LogP contribution in [-0.4, -0.2) is 23.0 Å². The van der Waals surface area contributed by atoms with Crippen LogP contribution in [0, 0.1) is 12.3 Å². The summed E-state index contributed by atoms with van der Waals surface area (Å²) < 4.78 is 36.9. The second kappa shape index (κ2) is 5.55. The summed E-state index contributed by atoms with van der Waals surface area (Å²) in [6.45, 7) is 1.71. The minimum atomic E-state index is -5.00. The van der Waals surface area contributed by atoms with E-state index in [9.17, 15) is 18.0 Å². The highest BCUT2D eigenvalue weighted by Gasteiger charge is 2.39. The summed E-state index contributed by atoms with van der Waals surface area (Å²) in [6, 6.07) is 6.69. The third-order valence-electron chi connectivity index (χ3n) is 2.30. The number of rotatable bonds is 4. The molecule has 0 radical (unpaired) electrons. The topological polar surface area (TPSA) is 73.2 Å². The van der Waals surface area contributed by atoms with Crippen molar-refractivity contribution in [3.05, 3.63) is 41.6 Å². The second-order valence-electron chi connectivity index (χ2n) is 3.70. The van der Waals surface area contributed by atoms with Crippen molar-refractivity contribution < 1.29 is 23.1 Å². The number of alkyl halides is 3. The fourth-order valence-corrected chi connectivity index (χ4v) is 1.28. The summed E-state index contributed by atoms with van der Waals surface area (Å²) in [5, 5.41) is 18.0. The van der Waals surface area contributed by atoms with Gasteiger partial charge in [-0.1, -0.05) is 18.2 Å². The van der Waals surface area contributed by atoms with E-state index >= 15 is 0 Å². The Hall–Kier alpha value is -2.31. The molecule has 3 N–H and O–H groups in total. The molecule has 1 aromatic rings. The van der Waals surface area contributed by atoms with Gasteiger partial charge in [-0.15, -0.1) is 0 Å². The summed E-state index contributed by atoms with van der Waals surface area (Å²) in [5.74, 6) is -1.82. The zero-order chi connectivity index (χ0) is 14.6. The van der Waals surface area contributed by atoms with Gasteiger partial charge >= 0.3 is 12.1 Å². The van der Waals surface area contributed by atoms with Crippen molar-refractivity contribution in [2.24, 2.45) is 0 Å². The Labute approximate surface area is 107 Å². The molecule has 0 heterocycles. The average molecular weight is 272 g/mol. The number of benzene rings is 1. The first-order chi connectivity index (χ1) is 8.73. The minimum Gasteiger partial charge on any atom is -0.478 e. The average Bonchev–Trinajstić information content (AvgIpc) is 2.29. The maximum Gasteiger partial charge on any atom is 0.433 e. The molecule has 0 amide bonds. The maximum atomic E-state index is 12.3. The standard InChI is InChI=1S/C12H11F3N2O2/c1-7-4-2-3-5-9(7)17-6-8(11(18)19)10(16)12(13,14)15/h2-6,16-17H,1H3,(H,18,19)/b8-6+,16-10?. The molecule has 0 saturated carbocycles. The van der Waals surface area contributed by atoms with Crippen LogP contribution < -0.4 is 5.32 Å². The summed E-state index contributed by atoms with van der Waals surface area (Å²) in [7, 11) is 0. The van der Waals surface area contributed by atoms with E-state index in [1.807, 2.05) is 0 Å². The normalized spacial score (nSPS) is 12.1. The van der Waals surface area contributed by atoms with Gasteiger partial charge in [-0.2, -0.15) is 13.2 Å². The van der Waals surface area contributed by atoms with Crippen molar-refractivity contribution in [2.75, 3.05) is 5.32 Å². The first-order valence-corrected chi connectivity index (χ1v) is 5.15. The smallest absolute Gasteiger partial charge is 0.433 e. The Morgan fingerprint density at radius 1 is 1.37 bits per heavy atom. The van der Waals surface area contributed by atoms with Gasteiger partial charge in [-0.25, -0.2) is 4.79 Å². The van der Waals surface area contributed by atoms with Crippen molar-refractivity contribution in [3.8, 4) is 0 Å². The highest BCUT2D eigenvalue weighted by Crippen LogP contribution is 2.22. The Kier molecular flexibility index (Phi) is 4.31. The lowest BCUT2D eigenvalue weighted by molar-refractivity contribution is -0.132. The van der Waals surface area contributed by atoms with E-state index in [2.05, 4.69) is 5.32 Å². The van der Waals surface area contributed by atoms with Gasteiger partial charge in [0.2, 0.25) is 0 Å². The molecule has 19 heavy (non-hydrogen) atoms. The number of carbonyl (C=O) groups is 1. The third-order valence-corrected chi connectivity index (χ3v) is 2.30. The van der Waals surface area contributed by atoms with E-state index in [1.165, 1.54) is 0 Å². The highest BCUT2D eigenvalue weighted by molar-refractivity contribution is 6.20. The van der Waals surface area contributed by atoms with Crippen LogP contribution in [0.5, 0.6) is 0 Å². The van der Waals surface area contributed by atoms with Gasteiger partial charge < -0.3 is 10.4 Å². The molecule has 0 aliphatic heterocycles. The van der Waals surface area contributed by atoms with E-state index in [4.69, 9.17) is 10.5 Å². The van der Waals surface area contributed by atoms with Gasteiger partial charge in [0.25, 0.3) is 0 Å². The zero-order valence-corrected chi connectivity index (χ0v) is 9.88. The van der Waals surface area contributed by atoms with Gasteiger partial charge in [0, 0.05) is 11.9 Å². The summed E-state index contributed by atoms with van der Waals surface area (Å²) in [6.07, 6.45) is -4.34. The quantitative estimate of drug-likeness (QED) is 0.582. The second-order valence-corrected chi connectivity index (χ2v) is 3.70. The first kappa shape index (κ1) is 14.7. The molecular formula is C12H11F3N2O2. The van der Waals surface area contributed by atoms with Crippen molar-refractivity contribution in [1.29, 1.82) is 5.41 Å². The molecule has 1 rings (SSSR count). The SMILES string of the molecule is Cc1ccccc1N/C=C(\C(=N)C(F)(F)F)C(=O)O. The van der Waals surface area contributed by atoms with E-state index in [0.29, 0.717) is 11.9 Å². The van der Waals surface area contributed by atoms with Crippen molar-refractivity contribution >= 4 is 17.4 Å². The lowest BCUT2D eigenvalue weighted by Gasteiger charge is -2.10. The lowest BCUT2D eigenvalue weighted by atomic mass is 10.1. The number of aliphatic carboxylic acids is 1. The van der Waals surface area contributed by atoms with E-state index in [1.54, 1.807) is 31.2 Å². The summed E-state index contributed by atoms with van der Waals surface area (Å²) >= 11 is 0. The molecule has 4 nitrogen and oxygen atoms in total. The molecule has 0 atom stereocenters. The van der Waals surface area contributed by atoms with E-state index in [-0.39, 0.29) is 0 Å².